The molecule has 20 heavy (non-hydrogen) atoms. The van der Waals surface area contributed by atoms with Gasteiger partial charge in [-0.2, -0.15) is 0 Å². The number of halogens is 1. The Balaban J connectivity index is 2.76. The third kappa shape index (κ3) is 5.45. The molecule has 0 aromatic heterocycles. The van der Waals surface area contributed by atoms with Crippen molar-refractivity contribution in [3.63, 3.8) is 0 Å². The van der Waals surface area contributed by atoms with Gasteiger partial charge in [-0.25, -0.2) is 0 Å². The molecule has 0 amide bonds. The number of methoxy groups -OCH3 is 1. The van der Waals surface area contributed by atoms with Crippen molar-refractivity contribution < 1.29 is 4.74 Å². The van der Waals surface area contributed by atoms with Crippen LogP contribution in [-0.2, 0) is 6.42 Å². The lowest BCUT2D eigenvalue weighted by Gasteiger charge is -2.31. The average Bonchev–Trinajstić information content (AvgIpc) is 2.37. The zero-order chi connectivity index (χ0) is 15.2. The van der Waals surface area contributed by atoms with Gasteiger partial charge in [0.15, 0.2) is 0 Å². The minimum absolute atomic E-state index is 0.299. The van der Waals surface area contributed by atoms with Gasteiger partial charge in [0.2, 0.25) is 0 Å². The summed E-state index contributed by atoms with van der Waals surface area (Å²) in [6, 6.07) is 6.39. The molecule has 0 aliphatic rings. The third-order valence-corrected chi connectivity index (χ3v) is 4.36. The minimum Gasteiger partial charge on any atom is -0.496 e. The van der Waals surface area contributed by atoms with Gasteiger partial charge in [0.25, 0.3) is 0 Å². The van der Waals surface area contributed by atoms with Gasteiger partial charge in [-0.15, -0.1) is 0 Å². The van der Waals surface area contributed by atoms with Crippen molar-refractivity contribution in [3.8, 4) is 5.75 Å². The first-order valence-corrected chi connectivity index (χ1v) is 8.21. The molecule has 0 bridgehead atoms. The number of ether oxygens (including phenoxy) is 1. The zero-order valence-electron chi connectivity index (χ0n) is 13.4. The van der Waals surface area contributed by atoms with Crippen molar-refractivity contribution in [2.45, 2.75) is 40.5 Å². The lowest BCUT2D eigenvalue weighted by Crippen LogP contribution is -2.33. The highest BCUT2D eigenvalue weighted by Gasteiger charge is 2.24. The highest BCUT2D eigenvalue weighted by atomic mass is 79.9. The predicted octanol–water partition coefficient (Wildman–Crippen LogP) is 4.66. The first kappa shape index (κ1) is 17.5. The van der Waals surface area contributed by atoms with Gasteiger partial charge in [0.05, 0.1) is 11.6 Å². The SMILES string of the molecule is CCCNCC(Cc1ccc(OC)c(Br)c1)C(C)(C)C. The Morgan fingerprint density at radius 3 is 2.50 bits per heavy atom. The monoisotopic (exact) mass is 341 g/mol. The summed E-state index contributed by atoms with van der Waals surface area (Å²) in [6.45, 7) is 11.3. The van der Waals surface area contributed by atoms with Crippen LogP contribution >= 0.6 is 15.9 Å². The quantitative estimate of drug-likeness (QED) is 0.728. The number of nitrogens with one attached hydrogen (secondary N) is 1. The van der Waals surface area contributed by atoms with Crippen molar-refractivity contribution in [1.82, 2.24) is 5.32 Å². The average molecular weight is 342 g/mol. The predicted molar refractivity (Wildman–Crippen MR) is 90.5 cm³/mol. The maximum absolute atomic E-state index is 5.29. The Morgan fingerprint density at radius 1 is 1.30 bits per heavy atom. The van der Waals surface area contributed by atoms with Gasteiger partial charge in [0, 0.05) is 0 Å². The van der Waals surface area contributed by atoms with E-state index in [2.05, 4.69) is 61.1 Å². The molecular formula is C17H28BrNO. The van der Waals surface area contributed by atoms with Gasteiger partial charge in [-0.1, -0.05) is 33.8 Å². The second-order valence-corrected chi connectivity index (χ2v) is 7.29. The van der Waals surface area contributed by atoms with E-state index in [1.54, 1.807) is 7.11 Å². The molecular weight excluding hydrogens is 314 g/mol. The fourth-order valence-electron chi connectivity index (χ4n) is 2.26. The van der Waals surface area contributed by atoms with Gasteiger partial charge < -0.3 is 10.1 Å². The van der Waals surface area contributed by atoms with E-state index in [1.165, 1.54) is 12.0 Å². The molecule has 1 N–H and O–H groups in total. The van der Waals surface area contributed by atoms with Crippen LogP contribution in [0.1, 0.15) is 39.7 Å². The largest absolute Gasteiger partial charge is 0.496 e. The molecule has 1 atom stereocenters. The number of hydrogen-bond donors (Lipinski definition) is 1. The van der Waals surface area contributed by atoms with E-state index >= 15 is 0 Å². The molecule has 0 aliphatic carbocycles. The molecule has 0 fully saturated rings. The standard InChI is InChI=1S/C17H28BrNO/c1-6-9-19-12-14(17(2,3)4)10-13-7-8-16(20-5)15(18)11-13/h7-8,11,14,19H,6,9-10,12H2,1-5H3. The fourth-order valence-corrected chi connectivity index (χ4v) is 2.85. The Hall–Kier alpha value is -0.540. The number of rotatable bonds is 7. The van der Waals surface area contributed by atoms with Crippen molar-refractivity contribution in [2.75, 3.05) is 20.2 Å². The highest BCUT2D eigenvalue weighted by Crippen LogP contribution is 2.31. The zero-order valence-corrected chi connectivity index (χ0v) is 15.0. The molecule has 0 saturated carbocycles. The van der Waals surface area contributed by atoms with Crippen molar-refractivity contribution in [1.29, 1.82) is 0 Å². The van der Waals surface area contributed by atoms with Crippen LogP contribution in [0, 0.1) is 11.3 Å². The highest BCUT2D eigenvalue weighted by molar-refractivity contribution is 9.10. The molecule has 1 aromatic carbocycles. The van der Waals surface area contributed by atoms with Gasteiger partial charge in [-0.3, -0.25) is 0 Å². The molecule has 0 aliphatic heterocycles. The first-order chi connectivity index (χ1) is 9.38. The first-order valence-electron chi connectivity index (χ1n) is 7.41. The Bertz CT molecular complexity index is 412. The summed E-state index contributed by atoms with van der Waals surface area (Å²) in [5, 5.41) is 3.56. The Labute approximate surface area is 132 Å². The molecule has 1 aromatic rings. The van der Waals surface area contributed by atoms with Crippen LogP contribution in [0.15, 0.2) is 22.7 Å². The molecule has 3 heteroatoms. The summed E-state index contributed by atoms with van der Waals surface area (Å²) in [5.74, 6) is 1.51. The van der Waals surface area contributed by atoms with Gasteiger partial charge in [-0.05, 0) is 70.9 Å². The molecule has 2 nitrogen and oxygen atoms in total. The van der Waals surface area contributed by atoms with E-state index in [4.69, 9.17) is 4.74 Å². The van der Waals surface area contributed by atoms with E-state index in [0.717, 1.165) is 29.7 Å². The maximum Gasteiger partial charge on any atom is 0.133 e. The normalized spacial score (nSPS) is 13.3. The van der Waals surface area contributed by atoms with Crippen LogP contribution < -0.4 is 10.1 Å². The van der Waals surface area contributed by atoms with E-state index in [-0.39, 0.29) is 0 Å². The Morgan fingerprint density at radius 2 is 2.00 bits per heavy atom. The Kier molecular flexibility index (Phi) is 7.04. The van der Waals surface area contributed by atoms with Crippen LogP contribution in [0.25, 0.3) is 0 Å². The molecule has 0 saturated heterocycles. The van der Waals surface area contributed by atoms with Crippen LogP contribution in [0.3, 0.4) is 0 Å². The summed E-state index contributed by atoms with van der Waals surface area (Å²) < 4.78 is 6.33. The summed E-state index contributed by atoms with van der Waals surface area (Å²) in [6.07, 6.45) is 2.27. The summed E-state index contributed by atoms with van der Waals surface area (Å²) in [7, 11) is 1.70. The summed E-state index contributed by atoms with van der Waals surface area (Å²) in [5.41, 5.74) is 1.66. The van der Waals surface area contributed by atoms with Crippen LogP contribution in [-0.4, -0.2) is 20.2 Å². The van der Waals surface area contributed by atoms with Crippen molar-refractivity contribution in [2.24, 2.45) is 11.3 Å². The number of benzene rings is 1. The van der Waals surface area contributed by atoms with Crippen LogP contribution in [0.2, 0.25) is 0 Å². The third-order valence-electron chi connectivity index (χ3n) is 3.74. The maximum atomic E-state index is 5.29. The second-order valence-electron chi connectivity index (χ2n) is 6.44. The van der Waals surface area contributed by atoms with Gasteiger partial charge in [0.1, 0.15) is 5.75 Å². The molecule has 0 radical (unpaired) electrons. The topological polar surface area (TPSA) is 21.3 Å². The lowest BCUT2D eigenvalue weighted by atomic mass is 9.77. The van der Waals surface area contributed by atoms with Crippen molar-refractivity contribution in [3.05, 3.63) is 28.2 Å². The summed E-state index contributed by atoms with van der Waals surface area (Å²) >= 11 is 3.57. The van der Waals surface area contributed by atoms with E-state index in [1.807, 2.05) is 6.07 Å². The van der Waals surface area contributed by atoms with E-state index in [9.17, 15) is 0 Å². The molecule has 0 spiro atoms. The van der Waals surface area contributed by atoms with Crippen molar-refractivity contribution >= 4 is 15.9 Å². The molecule has 0 heterocycles. The minimum atomic E-state index is 0.299. The van der Waals surface area contributed by atoms with Crippen LogP contribution in [0.4, 0.5) is 0 Å². The van der Waals surface area contributed by atoms with Gasteiger partial charge >= 0.3 is 0 Å². The second kappa shape index (κ2) is 8.04. The molecule has 1 rings (SSSR count). The molecule has 114 valence electrons. The van der Waals surface area contributed by atoms with Crippen LogP contribution in [0.5, 0.6) is 5.75 Å². The molecule has 1 unspecified atom stereocenters. The number of hydrogen-bond acceptors (Lipinski definition) is 2. The fraction of sp³-hybridized carbons (Fsp3) is 0.647. The summed E-state index contributed by atoms with van der Waals surface area (Å²) in [4.78, 5) is 0. The van der Waals surface area contributed by atoms with E-state index in [0.29, 0.717) is 11.3 Å². The lowest BCUT2D eigenvalue weighted by molar-refractivity contribution is 0.231. The van der Waals surface area contributed by atoms with E-state index < -0.39 is 0 Å². The smallest absolute Gasteiger partial charge is 0.133 e.